The van der Waals surface area contributed by atoms with Gasteiger partial charge >= 0.3 is 6.18 Å². The average Bonchev–Trinajstić information content (AvgIpc) is 3.35. The van der Waals surface area contributed by atoms with Crippen molar-refractivity contribution in [3.05, 3.63) is 48.4 Å². The molecule has 0 bridgehead atoms. The second kappa shape index (κ2) is 9.65. The van der Waals surface area contributed by atoms with Gasteiger partial charge in [0.25, 0.3) is 5.91 Å². The van der Waals surface area contributed by atoms with E-state index in [1.54, 1.807) is 40.0 Å². The summed E-state index contributed by atoms with van der Waals surface area (Å²) < 4.78 is 48.1. The molecule has 2 aliphatic rings. The molecule has 1 saturated heterocycles. The number of rotatable bonds is 5. The molecule has 1 amide bonds. The monoisotopic (exact) mass is 486 g/mol. The van der Waals surface area contributed by atoms with Crippen LogP contribution in [0.5, 0.6) is 0 Å². The van der Waals surface area contributed by atoms with Crippen LogP contribution in [0.1, 0.15) is 43.7 Å². The van der Waals surface area contributed by atoms with Gasteiger partial charge in [0.1, 0.15) is 12.2 Å². The molecule has 3 aromatic rings. The molecule has 0 atom stereocenters. The Hall–Kier alpha value is -3.47. The van der Waals surface area contributed by atoms with Crippen molar-refractivity contribution < 1.29 is 22.7 Å². The minimum Gasteiger partial charge on any atom is -0.370 e. The van der Waals surface area contributed by atoms with Crippen LogP contribution in [0, 0.1) is 0 Å². The Labute approximate surface area is 200 Å². The molecule has 3 heterocycles. The molecule has 0 unspecified atom stereocenters. The average molecular weight is 486 g/mol. The second-order valence-corrected chi connectivity index (χ2v) is 8.72. The molecule has 0 spiro atoms. The number of carbonyl (C=O) groups excluding carboxylic acids is 1. The number of ether oxygens (including phenoxy) is 1. The molecular weight excluding hydrogens is 461 g/mol. The summed E-state index contributed by atoms with van der Waals surface area (Å²) in [5.41, 5.74) is 0.473. The highest BCUT2D eigenvalue weighted by atomic mass is 19.4. The van der Waals surface area contributed by atoms with Crippen LogP contribution < -0.4 is 10.2 Å². The van der Waals surface area contributed by atoms with E-state index in [4.69, 9.17) is 4.74 Å². The largest absolute Gasteiger partial charge is 0.419 e. The topological polar surface area (TPSA) is 85.2 Å². The number of amides is 1. The van der Waals surface area contributed by atoms with Crippen molar-refractivity contribution in [2.75, 3.05) is 30.0 Å². The van der Waals surface area contributed by atoms with Gasteiger partial charge < -0.3 is 15.0 Å². The normalized spacial score (nSPS) is 17.6. The summed E-state index contributed by atoms with van der Waals surface area (Å²) in [7, 11) is 0. The quantitative estimate of drug-likeness (QED) is 0.548. The van der Waals surface area contributed by atoms with Gasteiger partial charge in [0.05, 0.1) is 24.5 Å². The van der Waals surface area contributed by atoms with Gasteiger partial charge in [0, 0.05) is 35.9 Å². The van der Waals surface area contributed by atoms with Crippen LogP contribution in [0.3, 0.4) is 0 Å². The molecule has 1 saturated carbocycles. The van der Waals surface area contributed by atoms with Crippen LogP contribution in [0.15, 0.2) is 42.9 Å². The molecule has 35 heavy (non-hydrogen) atoms. The van der Waals surface area contributed by atoms with Gasteiger partial charge in [-0.25, -0.2) is 9.97 Å². The predicted octanol–water partition coefficient (Wildman–Crippen LogP) is 4.97. The van der Waals surface area contributed by atoms with Gasteiger partial charge in [-0.05, 0) is 37.1 Å². The van der Waals surface area contributed by atoms with Gasteiger partial charge in [-0.1, -0.05) is 19.3 Å². The molecule has 1 aliphatic heterocycles. The Morgan fingerprint density at radius 1 is 1.06 bits per heavy atom. The summed E-state index contributed by atoms with van der Waals surface area (Å²) in [6.07, 6.45) is 4.56. The molecule has 1 aliphatic carbocycles. The molecule has 1 N–H and O–H groups in total. The lowest BCUT2D eigenvalue weighted by Gasteiger charge is -2.26. The van der Waals surface area contributed by atoms with Gasteiger partial charge in [-0.15, -0.1) is 0 Å². The number of nitrogens with zero attached hydrogens (tertiary/aromatic N) is 5. The summed E-state index contributed by atoms with van der Waals surface area (Å²) in [5.74, 6) is -0.0879. The lowest BCUT2D eigenvalue weighted by Crippen LogP contribution is -2.41. The standard InChI is InChI=1S/C24H25F3N6O2/c25-24(26,27)20-13-28-23(30-17-6-8-18(9-7-17)32-10-11-35-15-21(32)34)31-22(20)16-12-29-33(14-16)19-4-2-1-3-5-19/h6-9,12-14,19H,1-5,10-11,15H2,(H,28,30,31). The van der Waals surface area contributed by atoms with Crippen LogP contribution in [0.4, 0.5) is 30.5 Å². The number of hydrogen-bond acceptors (Lipinski definition) is 6. The Kier molecular flexibility index (Phi) is 6.42. The summed E-state index contributed by atoms with van der Waals surface area (Å²) >= 11 is 0. The fraction of sp³-hybridized carbons (Fsp3) is 0.417. The summed E-state index contributed by atoms with van der Waals surface area (Å²) in [4.78, 5) is 21.8. The van der Waals surface area contributed by atoms with Crippen molar-refractivity contribution in [3.8, 4) is 11.3 Å². The number of hydrogen-bond donors (Lipinski definition) is 1. The third kappa shape index (κ3) is 5.14. The lowest BCUT2D eigenvalue weighted by molar-refractivity contribution is -0.137. The molecule has 2 fully saturated rings. The Morgan fingerprint density at radius 3 is 2.54 bits per heavy atom. The number of nitrogens with one attached hydrogen (secondary N) is 1. The minimum atomic E-state index is -4.60. The third-order valence-electron chi connectivity index (χ3n) is 6.34. The maximum atomic E-state index is 13.7. The van der Waals surface area contributed by atoms with Crippen molar-refractivity contribution in [3.63, 3.8) is 0 Å². The van der Waals surface area contributed by atoms with E-state index in [0.29, 0.717) is 30.1 Å². The molecule has 1 aromatic carbocycles. The number of halogens is 3. The van der Waals surface area contributed by atoms with E-state index in [1.807, 2.05) is 0 Å². The Balaban J connectivity index is 1.39. The van der Waals surface area contributed by atoms with Gasteiger partial charge in [0.15, 0.2) is 0 Å². The first-order valence-corrected chi connectivity index (χ1v) is 11.6. The maximum Gasteiger partial charge on any atom is 0.419 e. The van der Waals surface area contributed by atoms with Crippen LogP contribution in [0.25, 0.3) is 11.3 Å². The van der Waals surface area contributed by atoms with E-state index < -0.39 is 11.7 Å². The van der Waals surface area contributed by atoms with E-state index in [0.717, 1.165) is 31.9 Å². The van der Waals surface area contributed by atoms with Crippen molar-refractivity contribution in [2.45, 2.75) is 44.3 Å². The highest BCUT2D eigenvalue weighted by Crippen LogP contribution is 2.37. The fourth-order valence-corrected chi connectivity index (χ4v) is 4.52. The highest BCUT2D eigenvalue weighted by Gasteiger charge is 2.36. The van der Waals surface area contributed by atoms with E-state index in [1.165, 1.54) is 12.6 Å². The molecule has 184 valence electrons. The third-order valence-corrected chi connectivity index (χ3v) is 6.34. The van der Waals surface area contributed by atoms with E-state index in [2.05, 4.69) is 20.4 Å². The summed E-state index contributed by atoms with van der Waals surface area (Å²) in [6, 6.07) is 7.15. The smallest absolute Gasteiger partial charge is 0.370 e. The molecule has 8 nitrogen and oxygen atoms in total. The molecule has 5 rings (SSSR count). The summed E-state index contributed by atoms with van der Waals surface area (Å²) in [6.45, 7) is 0.969. The van der Waals surface area contributed by atoms with Crippen molar-refractivity contribution in [1.29, 1.82) is 0 Å². The molecule has 2 aromatic heterocycles. The zero-order chi connectivity index (χ0) is 24.4. The zero-order valence-corrected chi connectivity index (χ0v) is 19.0. The predicted molar refractivity (Wildman–Crippen MR) is 123 cm³/mol. The van der Waals surface area contributed by atoms with Crippen LogP contribution in [-0.2, 0) is 15.7 Å². The summed E-state index contributed by atoms with van der Waals surface area (Å²) in [5, 5.41) is 7.30. The highest BCUT2D eigenvalue weighted by molar-refractivity contribution is 5.95. The van der Waals surface area contributed by atoms with Crippen LogP contribution in [-0.4, -0.2) is 45.4 Å². The van der Waals surface area contributed by atoms with Crippen molar-refractivity contribution in [2.24, 2.45) is 0 Å². The Morgan fingerprint density at radius 2 is 1.83 bits per heavy atom. The maximum absolute atomic E-state index is 13.7. The van der Waals surface area contributed by atoms with E-state index in [9.17, 15) is 18.0 Å². The first-order valence-electron chi connectivity index (χ1n) is 11.6. The fourth-order valence-electron chi connectivity index (χ4n) is 4.52. The van der Waals surface area contributed by atoms with Crippen LogP contribution in [0.2, 0.25) is 0 Å². The van der Waals surface area contributed by atoms with Crippen molar-refractivity contribution >= 4 is 23.2 Å². The molecule has 0 radical (unpaired) electrons. The van der Waals surface area contributed by atoms with Crippen molar-refractivity contribution in [1.82, 2.24) is 19.7 Å². The number of morpholine rings is 1. The van der Waals surface area contributed by atoms with Gasteiger partial charge in [-0.2, -0.15) is 18.3 Å². The van der Waals surface area contributed by atoms with E-state index in [-0.39, 0.29) is 30.2 Å². The second-order valence-electron chi connectivity index (χ2n) is 8.72. The number of anilines is 3. The van der Waals surface area contributed by atoms with Crippen LogP contribution >= 0.6 is 0 Å². The SMILES string of the molecule is O=C1COCCN1c1ccc(Nc2ncc(C(F)(F)F)c(-c3cnn(C4CCCCC4)c3)n2)cc1. The lowest BCUT2D eigenvalue weighted by atomic mass is 9.96. The van der Waals surface area contributed by atoms with Gasteiger partial charge in [-0.3, -0.25) is 9.48 Å². The van der Waals surface area contributed by atoms with Gasteiger partial charge in [0.2, 0.25) is 5.95 Å². The minimum absolute atomic E-state index is 0.0358. The molecular formula is C24H25F3N6O2. The molecule has 11 heteroatoms. The first kappa shape index (κ1) is 23.3. The Bertz CT molecular complexity index is 1190. The zero-order valence-electron chi connectivity index (χ0n) is 19.0. The number of benzene rings is 1. The van der Waals surface area contributed by atoms with E-state index >= 15 is 0 Å². The number of carbonyl (C=O) groups is 1. The number of aromatic nitrogens is 4. The first-order chi connectivity index (χ1) is 16.9. The number of alkyl halides is 3.